The Morgan fingerprint density at radius 3 is 2.50 bits per heavy atom. The Hall–Kier alpha value is -0.610. The second-order valence-corrected chi connectivity index (χ2v) is 7.72. The lowest BCUT2D eigenvalue weighted by Gasteiger charge is -2.39. The highest BCUT2D eigenvalue weighted by atomic mass is 16.5. The Morgan fingerprint density at radius 1 is 1.18 bits per heavy atom. The monoisotopic (exact) mass is 310 g/mol. The van der Waals surface area contributed by atoms with E-state index in [0.29, 0.717) is 24.1 Å². The Balaban J connectivity index is 1.60. The number of hydrogen-bond donors (Lipinski definition) is 2. The van der Waals surface area contributed by atoms with Gasteiger partial charge in [-0.2, -0.15) is 0 Å². The topological polar surface area (TPSA) is 50.4 Å². The van der Waals surface area contributed by atoms with Crippen LogP contribution in [0.1, 0.15) is 65.7 Å². The first kappa shape index (κ1) is 17.7. The molecule has 1 unspecified atom stereocenters. The highest BCUT2D eigenvalue weighted by Gasteiger charge is 2.32. The molecular weight excluding hydrogens is 276 g/mol. The number of ether oxygens (including phenoxy) is 1. The van der Waals surface area contributed by atoms with Crippen LogP contribution in [0.3, 0.4) is 0 Å². The van der Waals surface area contributed by atoms with Crippen molar-refractivity contribution < 1.29 is 9.53 Å². The number of rotatable bonds is 7. The fourth-order valence-corrected chi connectivity index (χ4v) is 3.74. The molecule has 1 aliphatic carbocycles. The van der Waals surface area contributed by atoms with Crippen molar-refractivity contribution in [3.05, 3.63) is 0 Å². The first-order chi connectivity index (χ1) is 10.5. The first-order valence-electron chi connectivity index (χ1n) is 9.13. The average Bonchev–Trinajstić information content (AvgIpc) is 3.01. The SMILES string of the molecule is CCC(C)(C)C1CCC(NC(=O)CNCC2CCCO2)CC1. The van der Waals surface area contributed by atoms with Crippen LogP contribution in [-0.4, -0.2) is 37.7 Å². The van der Waals surface area contributed by atoms with Crippen molar-refractivity contribution in [2.24, 2.45) is 11.3 Å². The second kappa shape index (κ2) is 8.30. The van der Waals surface area contributed by atoms with Crippen molar-refractivity contribution >= 4 is 5.91 Å². The van der Waals surface area contributed by atoms with E-state index < -0.39 is 0 Å². The predicted molar refractivity (Wildman–Crippen MR) is 89.8 cm³/mol. The molecule has 0 aromatic carbocycles. The third-order valence-corrected chi connectivity index (χ3v) is 5.79. The number of nitrogens with one attached hydrogen (secondary N) is 2. The maximum atomic E-state index is 12.0. The number of amides is 1. The molecule has 1 saturated heterocycles. The molecule has 2 N–H and O–H groups in total. The van der Waals surface area contributed by atoms with Crippen LogP contribution in [0.15, 0.2) is 0 Å². The van der Waals surface area contributed by atoms with Crippen molar-refractivity contribution in [2.75, 3.05) is 19.7 Å². The molecular formula is C18H34N2O2. The van der Waals surface area contributed by atoms with Crippen molar-refractivity contribution in [2.45, 2.75) is 77.9 Å². The molecule has 128 valence electrons. The maximum Gasteiger partial charge on any atom is 0.234 e. The molecule has 4 nitrogen and oxygen atoms in total. The summed E-state index contributed by atoms with van der Waals surface area (Å²) in [5.41, 5.74) is 0.442. The van der Waals surface area contributed by atoms with Gasteiger partial charge in [-0.25, -0.2) is 0 Å². The maximum absolute atomic E-state index is 12.0. The minimum absolute atomic E-state index is 0.135. The lowest BCUT2D eigenvalue weighted by molar-refractivity contribution is -0.121. The number of carbonyl (C=O) groups excluding carboxylic acids is 1. The summed E-state index contributed by atoms with van der Waals surface area (Å²) in [5.74, 6) is 0.944. The van der Waals surface area contributed by atoms with Gasteiger partial charge in [0.05, 0.1) is 12.6 Å². The summed E-state index contributed by atoms with van der Waals surface area (Å²) in [6.45, 7) is 9.13. The summed E-state index contributed by atoms with van der Waals surface area (Å²) in [6, 6.07) is 0.376. The van der Waals surface area contributed by atoms with Gasteiger partial charge in [-0.3, -0.25) is 4.79 Å². The van der Waals surface area contributed by atoms with E-state index in [2.05, 4.69) is 31.4 Å². The van der Waals surface area contributed by atoms with Gasteiger partial charge < -0.3 is 15.4 Å². The zero-order chi connectivity index (χ0) is 16.0. The van der Waals surface area contributed by atoms with E-state index in [1.807, 2.05) is 0 Å². The Kier molecular flexibility index (Phi) is 6.69. The molecule has 1 aliphatic heterocycles. The van der Waals surface area contributed by atoms with E-state index in [9.17, 15) is 4.79 Å². The minimum Gasteiger partial charge on any atom is -0.377 e. The molecule has 0 bridgehead atoms. The molecule has 0 aromatic heterocycles. The van der Waals surface area contributed by atoms with Gasteiger partial charge in [0.15, 0.2) is 0 Å². The van der Waals surface area contributed by atoms with Gasteiger partial charge in [0.2, 0.25) is 5.91 Å². The van der Waals surface area contributed by atoms with Crippen molar-refractivity contribution in [3.8, 4) is 0 Å². The van der Waals surface area contributed by atoms with Crippen LogP contribution >= 0.6 is 0 Å². The van der Waals surface area contributed by atoms with Crippen molar-refractivity contribution in [3.63, 3.8) is 0 Å². The summed E-state index contributed by atoms with van der Waals surface area (Å²) < 4.78 is 5.54. The minimum atomic E-state index is 0.135. The van der Waals surface area contributed by atoms with Gasteiger partial charge in [0.25, 0.3) is 0 Å². The summed E-state index contributed by atoms with van der Waals surface area (Å²) in [5, 5.41) is 6.41. The molecule has 1 atom stereocenters. The van der Waals surface area contributed by atoms with Crippen LogP contribution in [0.4, 0.5) is 0 Å². The van der Waals surface area contributed by atoms with Crippen LogP contribution in [0, 0.1) is 11.3 Å². The van der Waals surface area contributed by atoms with E-state index in [1.54, 1.807) is 0 Å². The average molecular weight is 310 g/mol. The van der Waals surface area contributed by atoms with Gasteiger partial charge in [-0.15, -0.1) is 0 Å². The van der Waals surface area contributed by atoms with Crippen LogP contribution < -0.4 is 10.6 Å². The van der Waals surface area contributed by atoms with E-state index in [1.165, 1.54) is 19.3 Å². The highest BCUT2D eigenvalue weighted by Crippen LogP contribution is 2.40. The van der Waals surface area contributed by atoms with Gasteiger partial charge in [-0.1, -0.05) is 27.2 Å². The number of carbonyl (C=O) groups is 1. The summed E-state index contributed by atoms with van der Waals surface area (Å²) in [6.07, 6.45) is 8.56. The molecule has 2 aliphatic rings. The Morgan fingerprint density at radius 2 is 1.91 bits per heavy atom. The van der Waals surface area contributed by atoms with Crippen LogP contribution in [-0.2, 0) is 9.53 Å². The molecule has 0 aromatic rings. The molecule has 1 amide bonds. The van der Waals surface area contributed by atoms with E-state index in [-0.39, 0.29) is 5.91 Å². The van der Waals surface area contributed by atoms with Gasteiger partial charge in [-0.05, 0) is 49.9 Å². The van der Waals surface area contributed by atoms with Crippen LogP contribution in [0.25, 0.3) is 0 Å². The fraction of sp³-hybridized carbons (Fsp3) is 0.944. The molecule has 2 fully saturated rings. The normalized spacial score (nSPS) is 29.5. The number of hydrogen-bond acceptors (Lipinski definition) is 3. The lowest BCUT2D eigenvalue weighted by atomic mass is 9.69. The fourth-order valence-electron chi connectivity index (χ4n) is 3.74. The summed E-state index contributed by atoms with van der Waals surface area (Å²) in [7, 11) is 0. The van der Waals surface area contributed by atoms with E-state index in [4.69, 9.17) is 4.74 Å². The zero-order valence-electron chi connectivity index (χ0n) is 14.6. The standard InChI is InChI=1S/C18H34N2O2/c1-4-18(2,3)14-7-9-15(10-8-14)20-17(21)13-19-12-16-6-5-11-22-16/h14-16,19H,4-13H2,1-3H3,(H,20,21). The van der Waals surface area contributed by atoms with E-state index in [0.717, 1.165) is 44.8 Å². The first-order valence-corrected chi connectivity index (χ1v) is 9.13. The molecule has 0 radical (unpaired) electrons. The van der Waals surface area contributed by atoms with Crippen molar-refractivity contribution in [1.29, 1.82) is 0 Å². The highest BCUT2D eigenvalue weighted by molar-refractivity contribution is 5.78. The molecule has 0 spiro atoms. The van der Waals surface area contributed by atoms with E-state index >= 15 is 0 Å². The third-order valence-electron chi connectivity index (χ3n) is 5.79. The molecule has 2 rings (SSSR count). The van der Waals surface area contributed by atoms with Crippen LogP contribution in [0.2, 0.25) is 0 Å². The van der Waals surface area contributed by atoms with Crippen molar-refractivity contribution in [1.82, 2.24) is 10.6 Å². The Bertz CT molecular complexity index is 343. The lowest BCUT2D eigenvalue weighted by Crippen LogP contribution is -2.44. The molecule has 1 saturated carbocycles. The molecule has 4 heteroatoms. The smallest absolute Gasteiger partial charge is 0.234 e. The Labute approximate surface area is 135 Å². The molecule has 22 heavy (non-hydrogen) atoms. The third kappa shape index (κ3) is 5.24. The summed E-state index contributed by atoms with van der Waals surface area (Å²) >= 11 is 0. The van der Waals surface area contributed by atoms with Gasteiger partial charge in [0, 0.05) is 19.2 Å². The largest absolute Gasteiger partial charge is 0.377 e. The molecule has 1 heterocycles. The predicted octanol–water partition coefficient (Wildman–Crippen LogP) is 2.87. The summed E-state index contributed by atoms with van der Waals surface area (Å²) in [4.78, 5) is 12.0. The quantitative estimate of drug-likeness (QED) is 0.760. The van der Waals surface area contributed by atoms with Gasteiger partial charge in [0.1, 0.15) is 0 Å². The second-order valence-electron chi connectivity index (χ2n) is 7.72. The van der Waals surface area contributed by atoms with Crippen LogP contribution in [0.5, 0.6) is 0 Å². The zero-order valence-corrected chi connectivity index (χ0v) is 14.6. The van der Waals surface area contributed by atoms with Gasteiger partial charge >= 0.3 is 0 Å².